The summed E-state index contributed by atoms with van der Waals surface area (Å²) in [6.45, 7) is 8.09. The van der Waals surface area contributed by atoms with Gasteiger partial charge in [0.1, 0.15) is 0 Å². The van der Waals surface area contributed by atoms with E-state index >= 15 is 0 Å². The molecular weight excluding hydrogens is 355 g/mol. The Kier molecular flexibility index (Phi) is 14.7. The molecule has 3 heteroatoms. The van der Waals surface area contributed by atoms with Crippen LogP contribution in [0.3, 0.4) is 0 Å². The van der Waals surface area contributed by atoms with Gasteiger partial charge >= 0.3 is 131 Å². The van der Waals surface area contributed by atoms with Crippen molar-refractivity contribution in [1.82, 2.24) is 0 Å². The molecule has 0 fully saturated rings. The number of unbranched alkanes of at least 4 members (excludes halogenated alkanes) is 3. The number of methoxy groups -OCH3 is 1. The van der Waals surface area contributed by atoms with E-state index < -0.39 is 18.4 Å². The number of ether oxygens (including phenoxy) is 2. The molecule has 120 valence electrons. The second-order valence-corrected chi connectivity index (χ2v) is 18.9. The zero-order chi connectivity index (χ0) is 15.1. The van der Waals surface area contributed by atoms with E-state index in [9.17, 15) is 0 Å². The maximum atomic E-state index is 5.42. The van der Waals surface area contributed by atoms with Gasteiger partial charge in [-0.2, -0.15) is 0 Å². The van der Waals surface area contributed by atoms with Crippen molar-refractivity contribution in [2.45, 2.75) is 72.6 Å². The summed E-state index contributed by atoms with van der Waals surface area (Å²) in [7, 11) is 1.68. The molecule has 0 radical (unpaired) electrons. The summed E-state index contributed by atoms with van der Waals surface area (Å²) in [6.07, 6.45) is 10.6. The fourth-order valence-corrected chi connectivity index (χ4v) is 17.0. The van der Waals surface area contributed by atoms with E-state index in [4.69, 9.17) is 9.47 Å². The third-order valence-electron chi connectivity index (χ3n) is 3.97. The van der Waals surface area contributed by atoms with Crippen LogP contribution in [0.2, 0.25) is 13.3 Å². The van der Waals surface area contributed by atoms with E-state index in [1.807, 2.05) is 0 Å². The van der Waals surface area contributed by atoms with Gasteiger partial charge in [0.05, 0.1) is 0 Å². The van der Waals surface area contributed by atoms with Crippen LogP contribution >= 0.6 is 0 Å². The van der Waals surface area contributed by atoms with Gasteiger partial charge in [-0.1, -0.05) is 0 Å². The molecule has 0 aromatic heterocycles. The number of hydrogen-bond donors (Lipinski definition) is 0. The summed E-state index contributed by atoms with van der Waals surface area (Å²) in [5, 5.41) is 0. The van der Waals surface area contributed by atoms with Crippen molar-refractivity contribution in [2.24, 2.45) is 0 Å². The van der Waals surface area contributed by atoms with Gasteiger partial charge in [-0.15, -0.1) is 0 Å². The molecule has 0 aromatic rings. The van der Waals surface area contributed by atoms with Crippen LogP contribution in [0, 0.1) is 0 Å². The topological polar surface area (TPSA) is 18.5 Å². The summed E-state index contributed by atoms with van der Waals surface area (Å²) in [5.74, 6) is 0. The summed E-state index contributed by atoms with van der Waals surface area (Å²) in [4.78, 5) is 0. The zero-order valence-electron chi connectivity index (χ0n) is 14.2. The molecule has 0 spiro atoms. The predicted octanol–water partition coefficient (Wildman–Crippen LogP) is 5.55. The van der Waals surface area contributed by atoms with Crippen LogP contribution < -0.4 is 0 Å². The van der Waals surface area contributed by atoms with E-state index in [0.717, 1.165) is 6.61 Å². The molecular formula is C17H36O2Sn. The van der Waals surface area contributed by atoms with E-state index in [0.29, 0.717) is 6.79 Å². The van der Waals surface area contributed by atoms with Gasteiger partial charge in [0.15, 0.2) is 0 Å². The molecule has 0 bridgehead atoms. The molecule has 0 saturated heterocycles. The quantitative estimate of drug-likeness (QED) is 0.220. The molecule has 0 aliphatic heterocycles. The standard InChI is InChI=1S/C5H9O2.3C4H9.Sn/c1-3-4-7-5-6-2;3*1-3-4-2;/h1,3H,4-5H2,2H3;3*1,3-4H2,2H3;. The minimum absolute atomic E-state index is 0.408. The molecule has 0 N–H and O–H groups in total. The third-order valence-corrected chi connectivity index (χ3v) is 18.2. The van der Waals surface area contributed by atoms with Crippen molar-refractivity contribution in [2.75, 3.05) is 20.5 Å². The van der Waals surface area contributed by atoms with Gasteiger partial charge in [-0.3, -0.25) is 0 Å². The van der Waals surface area contributed by atoms with E-state index in [2.05, 4.69) is 30.9 Å². The van der Waals surface area contributed by atoms with Crippen molar-refractivity contribution in [1.29, 1.82) is 0 Å². The Bertz CT molecular complexity index is 207. The van der Waals surface area contributed by atoms with Crippen molar-refractivity contribution in [3.63, 3.8) is 0 Å². The molecule has 0 amide bonds. The molecule has 0 saturated carbocycles. The predicted molar refractivity (Wildman–Crippen MR) is 91.9 cm³/mol. The minimum atomic E-state index is -2.05. The first-order valence-electron chi connectivity index (χ1n) is 8.49. The monoisotopic (exact) mass is 392 g/mol. The van der Waals surface area contributed by atoms with Gasteiger partial charge < -0.3 is 0 Å². The van der Waals surface area contributed by atoms with Crippen LogP contribution in [-0.2, 0) is 9.47 Å². The summed E-state index contributed by atoms with van der Waals surface area (Å²) in [6, 6.07) is 0. The summed E-state index contributed by atoms with van der Waals surface area (Å²) < 4.78 is 17.6. The SMILES string of the molecule is CCC[CH2][Sn](/[CH]=C/COCOC)([CH2]CCC)[CH2]CCC. The van der Waals surface area contributed by atoms with E-state index in [-0.39, 0.29) is 0 Å². The maximum absolute atomic E-state index is 5.42. The molecule has 0 unspecified atom stereocenters. The zero-order valence-corrected chi connectivity index (χ0v) is 17.1. The molecule has 0 aliphatic rings. The summed E-state index contributed by atoms with van der Waals surface area (Å²) in [5.41, 5.74) is 0. The average molecular weight is 391 g/mol. The van der Waals surface area contributed by atoms with Crippen LogP contribution in [0.5, 0.6) is 0 Å². The molecule has 0 rings (SSSR count). The normalized spacial score (nSPS) is 12.4. The van der Waals surface area contributed by atoms with Gasteiger partial charge in [-0.25, -0.2) is 0 Å². The Hall–Kier alpha value is 0.459. The molecule has 0 heterocycles. The van der Waals surface area contributed by atoms with E-state index in [1.165, 1.54) is 51.8 Å². The fourth-order valence-electron chi connectivity index (χ4n) is 2.71. The summed E-state index contributed by atoms with van der Waals surface area (Å²) >= 11 is -2.05. The fraction of sp³-hybridized carbons (Fsp3) is 0.882. The molecule has 0 aromatic carbocycles. The first-order chi connectivity index (χ1) is 9.74. The molecule has 2 nitrogen and oxygen atoms in total. The van der Waals surface area contributed by atoms with Crippen LogP contribution in [0.4, 0.5) is 0 Å². The second kappa shape index (κ2) is 14.4. The van der Waals surface area contributed by atoms with Gasteiger partial charge in [0, 0.05) is 0 Å². The molecule has 20 heavy (non-hydrogen) atoms. The van der Waals surface area contributed by atoms with Gasteiger partial charge in [0.25, 0.3) is 0 Å². The van der Waals surface area contributed by atoms with Crippen molar-refractivity contribution < 1.29 is 9.47 Å². The first kappa shape index (κ1) is 20.5. The molecule has 0 atom stereocenters. The van der Waals surface area contributed by atoms with Crippen LogP contribution in [0.25, 0.3) is 0 Å². The third kappa shape index (κ3) is 10.2. The Morgan fingerprint density at radius 1 is 0.850 bits per heavy atom. The Morgan fingerprint density at radius 2 is 1.35 bits per heavy atom. The van der Waals surface area contributed by atoms with Crippen LogP contribution in [0.15, 0.2) is 10.2 Å². The number of hydrogen-bond acceptors (Lipinski definition) is 2. The Balaban J connectivity index is 4.56. The van der Waals surface area contributed by atoms with Crippen molar-refractivity contribution in [3.8, 4) is 0 Å². The van der Waals surface area contributed by atoms with Crippen LogP contribution in [0.1, 0.15) is 59.3 Å². The average Bonchev–Trinajstić information content (AvgIpc) is 2.48. The second-order valence-electron chi connectivity index (χ2n) is 5.85. The van der Waals surface area contributed by atoms with Crippen molar-refractivity contribution in [3.05, 3.63) is 10.2 Å². The van der Waals surface area contributed by atoms with Crippen LogP contribution in [-0.4, -0.2) is 38.9 Å². The first-order valence-corrected chi connectivity index (χ1v) is 16.2. The van der Waals surface area contributed by atoms with Gasteiger partial charge in [0.2, 0.25) is 0 Å². The number of rotatable bonds is 14. The Labute approximate surface area is 131 Å². The molecule has 0 aliphatic carbocycles. The Morgan fingerprint density at radius 3 is 1.75 bits per heavy atom. The van der Waals surface area contributed by atoms with Crippen molar-refractivity contribution >= 4 is 18.4 Å². The van der Waals surface area contributed by atoms with E-state index in [1.54, 1.807) is 7.11 Å². The van der Waals surface area contributed by atoms with Gasteiger partial charge in [-0.05, 0) is 0 Å².